The molecule has 5 nitrogen and oxygen atoms in total. The Kier molecular flexibility index (Phi) is 3.09. The zero-order chi connectivity index (χ0) is 16.1. The molecule has 23 heavy (non-hydrogen) atoms. The fourth-order valence-corrected chi connectivity index (χ4v) is 2.84. The summed E-state index contributed by atoms with van der Waals surface area (Å²) in [5, 5.41) is 0.385. The summed E-state index contributed by atoms with van der Waals surface area (Å²) < 4.78 is 15.0. The summed E-state index contributed by atoms with van der Waals surface area (Å²) in [6.07, 6.45) is 2.15. The molecule has 1 aliphatic rings. The molecule has 1 aliphatic carbocycles. The van der Waals surface area contributed by atoms with Gasteiger partial charge in [-0.3, -0.25) is 0 Å². The molecule has 0 atom stereocenters. The second kappa shape index (κ2) is 5.03. The number of nitrogens with two attached hydrogens (primary N) is 1. The number of nitrogen functional groups attached to an aromatic ring is 1. The molecule has 0 spiro atoms. The average Bonchev–Trinajstić information content (AvgIpc) is 3.35. The first kappa shape index (κ1) is 14.1. The molecule has 2 N–H and O–H groups in total. The van der Waals surface area contributed by atoms with E-state index in [-0.39, 0.29) is 16.5 Å². The number of rotatable bonds is 2. The highest BCUT2D eigenvalue weighted by atomic mass is 35.5. The van der Waals surface area contributed by atoms with Crippen molar-refractivity contribution in [3.63, 3.8) is 0 Å². The predicted molar refractivity (Wildman–Crippen MR) is 86.5 cm³/mol. The van der Waals surface area contributed by atoms with Gasteiger partial charge in [-0.2, -0.15) is 4.98 Å². The minimum atomic E-state index is -0.636. The van der Waals surface area contributed by atoms with Crippen molar-refractivity contribution in [3.8, 4) is 5.69 Å². The van der Waals surface area contributed by atoms with Gasteiger partial charge in [0, 0.05) is 11.6 Å². The number of nitrogens with zero attached hydrogens (tertiary/aromatic N) is 3. The number of hydrogen-bond donors (Lipinski definition) is 1. The Balaban J connectivity index is 2.10. The van der Waals surface area contributed by atoms with Crippen LogP contribution in [0.2, 0.25) is 5.02 Å². The van der Waals surface area contributed by atoms with E-state index in [0.717, 1.165) is 18.5 Å². The van der Waals surface area contributed by atoms with Gasteiger partial charge in [0.05, 0.1) is 11.1 Å². The topological polar surface area (TPSA) is 73.8 Å². The van der Waals surface area contributed by atoms with Crippen LogP contribution in [0.4, 0.5) is 10.2 Å². The van der Waals surface area contributed by atoms with E-state index < -0.39 is 11.5 Å². The van der Waals surface area contributed by atoms with Gasteiger partial charge in [0.1, 0.15) is 16.7 Å². The number of aromatic nitrogens is 3. The standard InChI is InChI=1S/C16H12ClFN4O/c17-13-10(18)2-1-3-12(13)22-15-9(14(19)21-16(22)23)6-7-11(20-15)8-4-5-8/h1-3,6-8H,4-5H2,(H2,19,21,23). The SMILES string of the molecule is Nc1nc(=O)n(-c2cccc(F)c2Cl)c2nc(C3CC3)ccc12. The number of halogens is 2. The van der Waals surface area contributed by atoms with Crippen LogP contribution in [0.3, 0.4) is 0 Å². The summed E-state index contributed by atoms with van der Waals surface area (Å²) in [7, 11) is 0. The Morgan fingerprint density at radius 1 is 1.22 bits per heavy atom. The molecule has 1 saturated carbocycles. The van der Waals surface area contributed by atoms with Crippen LogP contribution in [0.5, 0.6) is 0 Å². The molecule has 4 rings (SSSR count). The van der Waals surface area contributed by atoms with Gasteiger partial charge in [0.2, 0.25) is 0 Å². The first-order valence-corrected chi connectivity index (χ1v) is 7.57. The second-order valence-corrected chi connectivity index (χ2v) is 5.95. The lowest BCUT2D eigenvalue weighted by Gasteiger charge is -2.12. The van der Waals surface area contributed by atoms with Gasteiger partial charge in [0.25, 0.3) is 0 Å². The maximum atomic E-state index is 13.8. The molecule has 1 aromatic carbocycles. The minimum absolute atomic E-state index is 0.101. The normalized spacial score (nSPS) is 14.3. The molecule has 3 aromatic rings. The van der Waals surface area contributed by atoms with Crippen LogP contribution in [-0.2, 0) is 0 Å². The first-order chi connectivity index (χ1) is 11.1. The highest BCUT2D eigenvalue weighted by Gasteiger charge is 2.26. The molecule has 0 unspecified atom stereocenters. The third-order valence-electron chi connectivity index (χ3n) is 3.96. The quantitative estimate of drug-likeness (QED) is 0.783. The van der Waals surface area contributed by atoms with E-state index in [2.05, 4.69) is 9.97 Å². The van der Waals surface area contributed by atoms with Gasteiger partial charge >= 0.3 is 5.69 Å². The third kappa shape index (κ3) is 2.26. The van der Waals surface area contributed by atoms with Crippen LogP contribution in [0.15, 0.2) is 35.1 Å². The maximum Gasteiger partial charge on any atom is 0.355 e. The lowest BCUT2D eigenvalue weighted by molar-refractivity contribution is 0.627. The number of benzene rings is 1. The molecule has 0 bridgehead atoms. The van der Waals surface area contributed by atoms with Crippen molar-refractivity contribution >= 4 is 28.5 Å². The van der Waals surface area contributed by atoms with Gasteiger partial charge < -0.3 is 5.73 Å². The average molecular weight is 331 g/mol. The van der Waals surface area contributed by atoms with E-state index in [0.29, 0.717) is 17.0 Å². The van der Waals surface area contributed by atoms with Gasteiger partial charge in [-0.15, -0.1) is 0 Å². The Hall–Kier alpha value is -2.47. The van der Waals surface area contributed by atoms with Crippen molar-refractivity contribution in [3.05, 3.63) is 57.3 Å². The molecule has 0 aliphatic heterocycles. The largest absolute Gasteiger partial charge is 0.383 e. The highest BCUT2D eigenvalue weighted by molar-refractivity contribution is 6.32. The fraction of sp³-hybridized carbons (Fsp3) is 0.188. The van der Waals surface area contributed by atoms with E-state index >= 15 is 0 Å². The van der Waals surface area contributed by atoms with E-state index in [1.807, 2.05) is 6.07 Å². The van der Waals surface area contributed by atoms with Crippen LogP contribution >= 0.6 is 11.6 Å². The summed E-state index contributed by atoms with van der Waals surface area (Å²) in [5.74, 6) is -0.108. The number of anilines is 1. The van der Waals surface area contributed by atoms with Crippen molar-refractivity contribution in [2.24, 2.45) is 0 Å². The highest BCUT2D eigenvalue weighted by Crippen LogP contribution is 2.39. The Bertz CT molecular complexity index is 997. The maximum absolute atomic E-state index is 13.8. The van der Waals surface area contributed by atoms with Crippen molar-refractivity contribution in [2.75, 3.05) is 5.73 Å². The Labute approximate surface area is 135 Å². The zero-order valence-corrected chi connectivity index (χ0v) is 12.7. The summed E-state index contributed by atoms with van der Waals surface area (Å²) in [6.45, 7) is 0. The summed E-state index contributed by atoms with van der Waals surface area (Å²) >= 11 is 6.03. The molecule has 0 amide bonds. The van der Waals surface area contributed by atoms with Crippen LogP contribution < -0.4 is 11.4 Å². The Morgan fingerprint density at radius 3 is 2.74 bits per heavy atom. The van der Waals surface area contributed by atoms with Crippen molar-refractivity contribution in [2.45, 2.75) is 18.8 Å². The van der Waals surface area contributed by atoms with Crippen LogP contribution in [0.1, 0.15) is 24.5 Å². The zero-order valence-electron chi connectivity index (χ0n) is 12.0. The number of hydrogen-bond acceptors (Lipinski definition) is 4. The summed E-state index contributed by atoms with van der Waals surface area (Å²) in [5.41, 5.74) is 6.65. The van der Waals surface area contributed by atoms with Gasteiger partial charge in [-0.25, -0.2) is 18.7 Å². The lowest BCUT2D eigenvalue weighted by atomic mass is 10.2. The third-order valence-corrected chi connectivity index (χ3v) is 4.33. The molecule has 0 saturated heterocycles. The van der Waals surface area contributed by atoms with Gasteiger partial charge in [0.15, 0.2) is 5.65 Å². The predicted octanol–water partition coefficient (Wildman–Crippen LogP) is 3.03. The summed E-state index contributed by atoms with van der Waals surface area (Å²) in [4.78, 5) is 20.7. The van der Waals surface area contributed by atoms with Crippen LogP contribution in [0, 0.1) is 5.82 Å². The van der Waals surface area contributed by atoms with Crippen molar-refractivity contribution in [1.82, 2.24) is 14.5 Å². The molecule has 1 fully saturated rings. The fourth-order valence-electron chi connectivity index (χ4n) is 2.63. The molecule has 0 radical (unpaired) electrons. The number of fused-ring (bicyclic) bond motifs is 1. The van der Waals surface area contributed by atoms with E-state index in [9.17, 15) is 9.18 Å². The first-order valence-electron chi connectivity index (χ1n) is 7.20. The molecule has 116 valence electrons. The molecule has 2 heterocycles. The van der Waals surface area contributed by atoms with Gasteiger partial charge in [-0.05, 0) is 37.1 Å². The second-order valence-electron chi connectivity index (χ2n) is 5.57. The van der Waals surface area contributed by atoms with Crippen LogP contribution in [-0.4, -0.2) is 14.5 Å². The van der Waals surface area contributed by atoms with E-state index in [1.54, 1.807) is 12.1 Å². The number of pyridine rings is 1. The van der Waals surface area contributed by atoms with E-state index in [1.165, 1.54) is 16.7 Å². The van der Waals surface area contributed by atoms with Crippen molar-refractivity contribution < 1.29 is 4.39 Å². The van der Waals surface area contributed by atoms with E-state index in [4.69, 9.17) is 17.3 Å². The van der Waals surface area contributed by atoms with Gasteiger partial charge in [-0.1, -0.05) is 17.7 Å². The molecule has 2 aromatic heterocycles. The molecular formula is C16H12ClFN4O. The Morgan fingerprint density at radius 2 is 2.00 bits per heavy atom. The van der Waals surface area contributed by atoms with Crippen molar-refractivity contribution in [1.29, 1.82) is 0 Å². The summed E-state index contributed by atoms with van der Waals surface area (Å²) in [6, 6.07) is 7.94. The minimum Gasteiger partial charge on any atom is -0.383 e. The molecule has 7 heteroatoms. The molecular weight excluding hydrogens is 319 g/mol. The lowest BCUT2D eigenvalue weighted by Crippen LogP contribution is -2.24. The smallest absolute Gasteiger partial charge is 0.355 e. The monoisotopic (exact) mass is 330 g/mol. The van der Waals surface area contributed by atoms with Crippen LogP contribution in [0.25, 0.3) is 16.7 Å².